The van der Waals surface area contributed by atoms with Gasteiger partial charge in [-0.2, -0.15) is 0 Å². The zero-order valence-corrected chi connectivity index (χ0v) is 16.9. The van der Waals surface area contributed by atoms with E-state index >= 15 is 0 Å². The van der Waals surface area contributed by atoms with Crippen molar-refractivity contribution in [1.29, 1.82) is 0 Å². The second-order valence-corrected chi connectivity index (χ2v) is 7.58. The highest BCUT2D eigenvalue weighted by Crippen LogP contribution is 2.33. The van der Waals surface area contributed by atoms with Crippen LogP contribution in [0.25, 0.3) is 0 Å². The van der Waals surface area contributed by atoms with E-state index in [0.29, 0.717) is 26.2 Å². The Kier molecular flexibility index (Phi) is 6.28. The number of carbonyl (C=O) groups excluding carboxylic acids is 2. The highest BCUT2D eigenvalue weighted by Gasteiger charge is 2.39. The summed E-state index contributed by atoms with van der Waals surface area (Å²) in [5, 5.41) is 0.0227. The van der Waals surface area contributed by atoms with Gasteiger partial charge in [0, 0.05) is 52.4 Å². The molecular weight excluding hydrogens is 375 g/mol. The molecule has 2 heterocycles. The third kappa shape index (κ3) is 3.65. The molecule has 2 fully saturated rings. The maximum atomic E-state index is 12.9. The Morgan fingerprint density at radius 3 is 1.23 bits per heavy atom. The van der Waals surface area contributed by atoms with E-state index in [0.717, 1.165) is 39.3 Å². The maximum absolute atomic E-state index is 12.9. The fourth-order valence-corrected chi connectivity index (χ4v) is 4.35. The van der Waals surface area contributed by atoms with E-state index in [9.17, 15) is 9.59 Å². The molecule has 0 aromatic rings. The third-order valence-electron chi connectivity index (χ3n) is 5.52. The topological polar surface area (TPSA) is 47.1 Å². The molecule has 8 heteroatoms. The van der Waals surface area contributed by atoms with Crippen LogP contribution >= 0.6 is 23.2 Å². The molecule has 0 atom stereocenters. The van der Waals surface area contributed by atoms with Crippen molar-refractivity contribution in [2.45, 2.75) is 13.8 Å². The number of nitrogens with zero attached hydrogens (tertiary/aromatic N) is 4. The number of rotatable bonds is 4. The number of piperazine rings is 2. The van der Waals surface area contributed by atoms with Gasteiger partial charge in [-0.3, -0.25) is 9.59 Å². The van der Waals surface area contributed by atoms with Crippen molar-refractivity contribution < 1.29 is 9.59 Å². The van der Waals surface area contributed by atoms with Crippen molar-refractivity contribution in [3.05, 3.63) is 21.5 Å². The van der Waals surface area contributed by atoms with Crippen LogP contribution in [0.5, 0.6) is 0 Å². The number of carbonyl (C=O) groups is 2. The van der Waals surface area contributed by atoms with Gasteiger partial charge < -0.3 is 19.6 Å². The molecule has 2 saturated heterocycles. The van der Waals surface area contributed by atoms with Gasteiger partial charge in [-0.05, 0) is 13.1 Å². The fraction of sp³-hybridized carbons (Fsp3) is 0.667. The van der Waals surface area contributed by atoms with Gasteiger partial charge in [0.15, 0.2) is 0 Å². The smallest absolute Gasteiger partial charge is 0.224 e. The second-order valence-electron chi connectivity index (χ2n) is 6.83. The van der Waals surface area contributed by atoms with E-state index in [1.165, 1.54) is 0 Å². The highest BCUT2D eigenvalue weighted by molar-refractivity contribution is 6.55. The lowest BCUT2D eigenvalue weighted by Gasteiger charge is -2.40. The number of hydrogen-bond acceptors (Lipinski definition) is 6. The Morgan fingerprint density at radius 1 is 0.654 bits per heavy atom. The van der Waals surface area contributed by atoms with Gasteiger partial charge in [-0.1, -0.05) is 37.0 Å². The van der Waals surface area contributed by atoms with E-state index in [1.54, 1.807) is 0 Å². The number of Topliss-reactive ketones (excluding diaryl/α,β-unsaturated/α-hetero) is 2. The molecule has 6 nitrogen and oxygen atoms in total. The molecular formula is C18H26Cl2N4O2. The van der Waals surface area contributed by atoms with Gasteiger partial charge >= 0.3 is 0 Å². The normalized spacial score (nSPS) is 24.2. The summed E-state index contributed by atoms with van der Waals surface area (Å²) in [4.78, 5) is 34.3. The van der Waals surface area contributed by atoms with Crippen molar-refractivity contribution >= 4 is 34.8 Å². The largest absolute Gasteiger partial charge is 0.364 e. The lowest BCUT2D eigenvalue weighted by molar-refractivity contribution is -0.118. The quantitative estimate of drug-likeness (QED) is 0.663. The summed E-state index contributed by atoms with van der Waals surface area (Å²) in [6.07, 6.45) is 0. The molecule has 0 radical (unpaired) electrons. The fourth-order valence-electron chi connectivity index (χ4n) is 3.76. The minimum Gasteiger partial charge on any atom is -0.364 e. The first-order chi connectivity index (χ1) is 12.5. The van der Waals surface area contributed by atoms with Crippen molar-refractivity contribution in [2.24, 2.45) is 0 Å². The Morgan fingerprint density at radius 2 is 0.962 bits per heavy atom. The highest BCUT2D eigenvalue weighted by atomic mass is 35.5. The van der Waals surface area contributed by atoms with Crippen LogP contribution in [0, 0.1) is 0 Å². The number of hydrogen-bond donors (Lipinski definition) is 0. The Bertz CT molecular complexity index is 590. The average Bonchev–Trinajstić information content (AvgIpc) is 2.68. The maximum Gasteiger partial charge on any atom is 0.224 e. The van der Waals surface area contributed by atoms with E-state index in [4.69, 9.17) is 23.2 Å². The van der Waals surface area contributed by atoms with Crippen molar-refractivity contribution in [3.8, 4) is 0 Å². The van der Waals surface area contributed by atoms with Crippen molar-refractivity contribution in [1.82, 2.24) is 19.6 Å². The van der Waals surface area contributed by atoms with Crippen molar-refractivity contribution in [2.75, 3.05) is 65.4 Å². The molecule has 0 aromatic carbocycles. The molecule has 0 aromatic heterocycles. The van der Waals surface area contributed by atoms with Gasteiger partial charge in [-0.25, -0.2) is 0 Å². The molecule has 0 N–H and O–H groups in total. The summed E-state index contributed by atoms with van der Waals surface area (Å²) in [5.74, 6) is -0.650. The van der Waals surface area contributed by atoms with Crippen LogP contribution in [-0.4, -0.2) is 96.6 Å². The van der Waals surface area contributed by atoms with Gasteiger partial charge in [0.2, 0.25) is 11.6 Å². The van der Waals surface area contributed by atoms with Crippen LogP contribution in [0.2, 0.25) is 0 Å². The Hall–Kier alpha value is -1.08. The summed E-state index contributed by atoms with van der Waals surface area (Å²) in [7, 11) is 0. The first kappa shape index (κ1) is 19.7. The van der Waals surface area contributed by atoms with E-state index in [1.807, 2.05) is 9.80 Å². The number of likely N-dealkylation sites (N-methyl/N-ethyl adjacent to an activating group) is 2. The summed E-state index contributed by atoms with van der Waals surface area (Å²) >= 11 is 12.8. The summed E-state index contributed by atoms with van der Waals surface area (Å²) in [5.41, 5.74) is 0.543. The van der Waals surface area contributed by atoms with Crippen LogP contribution in [0.3, 0.4) is 0 Å². The number of ketones is 2. The predicted octanol–water partition coefficient (Wildman–Crippen LogP) is 1.31. The molecule has 0 bridgehead atoms. The predicted molar refractivity (Wildman–Crippen MR) is 103 cm³/mol. The van der Waals surface area contributed by atoms with Crippen LogP contribution in [-0.2, 0) is 9.59 Å². The van der Waals surface area contributed by atoms with Gasteiger partial charge in [-0.15, -0.1) is 0 Å². The van der Waals surface area contributed by atoms with Crippen LogP contribution in [0.4, 0.5) is 0 Å². The summed E-state index contributed by atoms with van der Waals surface area (Å²) in [6, 6.07) is 0. The molecule has 0 spiro atoms. The summed E-state index contributed by atoms with van der Waals surface area (Å²) in [6.45, 7) is 12.3. The number of allylic oxidation sites excluding steroid dienone is 2. The van der Waals surface area contributed by atoms with E-state index in [-0.39, 0.29) is 33.0 Å². The minimum absolute atomic E-state index is 0.0114. The molecule has 2 aliphatic heterocycles. The number of halogens is 2. The van der Waals surface area contributed by atoms with Crippen molar-refractivity contribution in [3.63, 3.8) is 0 Å². The minimum atomic E-state index is -0.325. The average molecular weight is 401 g/mol. The molecule has 0 saturated carbocycles. The molecule has 3 rings (SSSR count). The van der Waals surface area contributed by atoms with E-state index < -0.39 is 0 Å². The first-order valence-electron chi connectivity index (χ1n) is 9.31. The molecule has 26 heavy (non-hydrogen) atoms. The standard InChI is InChI=1S/C18H26Cl2N4O2/c1-3-21-5-9-23(10-6-21)15-13(19)18(26)16(14(20)17(15)25)24-11-7-22(4-2)8-12-24/h3-12H2,1-2H3. The Balaban J connectivity index is 1.79. The molecule has 3 aliphatic rings. The molecule has 0 unspecified atom stereocenters. The lowest BCUT2D eigenvalue weighted by atomic mass is 10.0. The van der Waals surface area contributed by atoms with Crippen LogP contribution in [0.1, 0.15) is 13.8 Å². The summed E-state index contributed by atoms with van der Waals surface area (Å²) < 4.78 is 0. The monoisotopic (exact) mass is 400 g/mol. The zero-order valence-electron chi connectivity index (χ0n) is 15.4. The molecule has 1 aliphatic carbocycles. The zero-order chi connectivity index (χ0) is 18.8. The first-order valence-corrected chi connectivity index (χ1v) is 10.1. The molecule has 0 amide bonds. The van der Waals surface area contributed by atoms with Gasteiger partial charge in [0.25, 0.3) is 0 Å². The third-order valence-corrected chi connectivity index (χ3v) is 6.22. The Labute approximate surface area is 165 Å². The van der Waals surface area contributed by atoms with Crippen LogP contribution in [0.15, 0.2) is 21.5 Å². The molecule has 144 valence electrons. The SMILES string of the molecule is CCN1CCN(C2=C(Cl)C(=O)C(N3CCN(CC)CC3)=C(Cl)C2=O)CC1. The van der Waals surface area contributed by atoms with Gasteiger partial charge in [0.1, 0.15) is 21.5 Å². The van der Waals surface area contributed by atoms with Gasteiger partial charge in [0.05, 0.1) is 0 Å². The lowest BCUT2D eigenvalue weighted by Crippen LogP contribution is -2.50. The van der Waals surface area contributed by atoms with E-state index in [2.05, 4.69) is 23.6 Å². The second kappa shape index (κ2) is 8.30. The van der Waals surface area contributed by atoms with Crippen LogP contribution < -0.4 is 0 Å².